The molecule has 0 saturated carbocycles. The standard InChI is InChI=1S/C14H17N5O2S/c1-8(20)11-6-10(7-22-11)13(21)19-4-2-9(3-5-19)12-16-14(15)18-17-12/h6-7,9H,2-5H2,1H3,(H3,15,16,17,18). The Bertz CT molecular complexity index is 700. The quantitative estimate of drug-likeness (QED) is 0.837. The molecule has 3 heterocycles. The number of anilines is 1. The largest absolute Gasteiger partial charge is 0.367 e. The van der Waals surface area contributed by atoms with E-state index in [9.17, 15) is 9.59 Å². The van der Waals surface area contributed by atoms with E-state index in [2.05, 4.69) is 15.2 Å². The van der Waals surface area contributed by atoms with Crippen LogP contribution in [0.15, 0.2) is 11.4 Å². The Balaban J connectivity index is 1.63. The summed E-state index contributed by atoms with van der Waals surface area (Å²) in [5.41, 5.74) is 6.11. The number of nitrogens with two attached hydrogens (primary N) is 1. The van der Waals surface area contributed by atoms with Crippen LogP contribution in [0.2, 0.25) is 0 Å². The van der Waals surface area contributed by atoms with Gasteiger partial charge in [-0.1, -0.05) is 0 Å². The number of nitrogens with one attached hydrogen (secondary N) is 1. The van der Waals surface area contributed by atoms with Crippen molar-refractivity contribution in [2.75, 3.05) is 18.8 Å². The van der Waals surface area contributed by atoms with Crippen molar-refractivity contribution in [3.63, 3.8) is 0 Å². The second-order valence-corrected chi connectivity index (χ2v) is 6.31. The highest BCUT2D eigenvalue weighted by Crippen LogP contribution is 2.27. The minimum absolute atomic E-state index is 0.00864. The van der Waals surface area contributed by atoms with Crippen LogP contribution in [0, 0.1) is 0 Å². The van der Waals surface area contributed by atoms with Crippen LogP contribution >= 0.6 is 11.3 Å². The number of hydrogen-bond donors (Lipinski definition) is 2. The highest BCUT2D eigenvalue weighted by Gasteiger charge is 2.27. The summed E-state index contributed by atoms with van der Waals surface area (Å²) in [7, 11) is 0. The normalized spacial score (nSPS) is 16.0. The van der Waals surface area contributed by atoms with E-state index in [4.69, 9.17) is 5.73 Å². The van der Waals surface area contributed by atoms with Crippen molar-refractivity contribution in [3.05, 3.63) is 27.7 Å². The molecule has 1 aliphatic rings. The topological polar surface area (TPSA) is 105 Å². The van der Waals surface area contributed by atoms with Gasteiger partial charge >= 0.3 is 0 Å². The number of ketones is 1. The Kier molecular flexibility index (Phi) is 3.93. The fourth-order valence-electron chi connectivity index (χ4n) is 2.64. The predicted octanol–water partition coefficient (Wildman–Crippen LogP) is 1.67. The number of piperidine rings is 1. The van der Waals surface area contributed by atoms with Crippen LogP contribution in [0.25, 0.3) is 0 Å². The number of nitrogen functional groups attached to an aromatic ring is 1. The first-order valence-corrected chi connectivity index (χ1v) is 7.99. The predicted molar refractivity (Wildman–Crippen MR) is 83.0 cm³/mol. The molecule has 1 aliphatic heterocycles. The van der Waals surface area contributed by atoms with E-state index in [1.807, 2.05) is 4.90 Å². The van der Waals surface area contributed by atoms with Gasteiger partial charge in [-0.05, 0) is 25.8 Å². The molecule has 0 radical (unpaired) electrons. The molecule has 1 fully saturated rings. The zero-order valence-electron chi connectivity index (χ0n) is 12.2. The van der Waals surface area contributed by atoms with Crippen molar-refractivity contribution in [2.24, 2.45) is 0 Å². The molecule has 1 amide bonds. The van der Waals surface area contributed by atoms with E-state index >= 15 is 0 Å². The average Bonchev–Trinajstić information content (AvgIpc) is 3.16. The number of likely N-dealkylation sites (tertiary alicyclic amines) is 1. The maximum absolute atomic E-state index is 12.4. The van der Waals surface area contributed by atoms with E-state index in [1.165, 1.54) is 18.3 Å². The molecule has 8 heteroatoms. The SMILES string of the molecule is CC(=O)c1cc(C(=O)N2CCC(c3nc(N)n[nH]3)CC2)cs1. The van der Waals surface area contributed by atoms with Gasteiger partial charge in [0.05, 0.1) is 10.4 Å². The second-order valence-electron chi connectivity index (χ2n) is 5.40. The number of aromatic amines is 1. The lowest BCUT2D eigenvalue weighted by Gasteiger charge is -2.30. The lowest BCUT2D eigenvalue weighted by Crippen LogP contribution is -2.38. The number of H-pyrrole nitrogens is 1. The molecule has 0 unspecified atom stereocenters. The lowest BCUT2D eigenvalue weighted by atomic mass is 9.96. The highest BCUT2D eigenvalue weighted by atomic mass is 32.1. The minimum Gasteiger partial charge on any atom is -0.367 e. The number of hydrogen-bond acceptors (Lipinski definition) is 6. The summed E-state index contributed by atoms with van der Waals surface area (Å²) in [5.74, 6) is 1.27. The first kappa shape index (κ1) is 14.7. The Morgan fingerprint density at radius 3 is 2.68 bits per heavy atom. The van der Waals surface area contributed by atoms with Crippen molar-refractivity contribution in [1.82, 2.24) is 20.1 Å². The molecule has 2 aromatic rings. The van der Waals surface area contributed by atoms with Crippen LogP contribution in [0.4, 0.5) is 5.95 Å². The summed E-state index contributed by atoms with van der Waals surface area (Å²) in [6.07, 6.45) is 1.65. The van der Waals surface area contributed by atoms with Crippen molar-refractivity contribution in [3.8, 4) is 0 Å². The fraction of sp³-hybridized carbons (Fsp3) is 0.429. The number of Topliss-reactive ketones (excluding diaryl/α,β-unsaturated/α-hetero) is 1. The molecular weight excluding hydrogens is 302 g/mol. The third-order valence-corrected chi connectivity index (χ3v) is 4.91. The molecule has 3 N–H and O–H groups in total. The van der Waals surface area contributed by atoms with Gasteiger partial charge in [0.1, 0.15) is 5.82 Å². The van der Waals surface area contributed by atoms with Crippen LogP contribution in [0.3, 0.4) is 0 Å². The smallest absolute Gasteiger partial charge is 0.254 e. The zero-order chi connectivity index (χ0) is 15.7. The van der Waals surface area contributed by atoms with E-state index in [-0.39, 0.29) is 23.6 Å². The number of rotatable bonds is 3. The van der Waals surface area contributed by atoms with Crippen LogP contribution < -0.4 is 5.73 Å². The van der Waals surface area contributed by atoms with Crippen LogP contribution in [-0.4, -0.2) is 44.9 Å². The molecule has 0 aliphatic carbocycles. The molecule has 7 nitrogen and oxygen atoms in total. The molecule has 0 bridgehead atoms. The maximum Gasteiger partial charge on any atom is 0.254 e. The Morgan fingerprint density at radius 2 is 2.14 bits per heavy atom. The molecule has 22 heavy (non-hydrogen) atoms. The number of carbonyl (C=O) groups excluding carboxylic acids is 2. The number of carbonyl (C=O) groups is 2. The van der Waals surface area contributed by atoms with Gasteiger partial charge in [-0.2, -0.15) is 4.98 Å². The highest BCUT2D eigenvalue weighted by molar-refractivity contribution is 7.12. The summed E-state index contributed by atoms with van der Waals surface area (Å²) in [5, 5.41) is 8.44. The van der Waals surface area contributed by atoms with Crippen LogP contribution in [0.5, 0.6) is 0 Å². The van der Waals surface area contributed by atoms with Crippen LogP contribution in [-0.2, 0) is 0 Å². The number of nitrogens with zero attached hydrogens (tertiary/aromatic N) is 3. The van der Waals surface area contributed by atoms with Crippen molar-refractivity contribution in [2.45, 2.75) is 25.7 Å². The van der Waals surface area contributed by atoms with Gasteiger partial charge in [-0.15, -0.1) is 16.4 Å². The molecule has 0 aromatic carbocycles. The Hall–Kier alpha value is -2.22. The van der Waals surface area contributed by atoms with Gasteiger partial charge in [-0.25, -0.2) is 0 Å². The number of amides is 1. The van der Waals surface area contributed by atoms with Gasteiger partial charge in [0, 0.05) is 24.4 Å². The van der Waals surface area contributed by atoms with E-state index in [1.54, 1.807) is 11.4 Å². The maximum atomic E-state index is 12.4. The fourth-order valence-corrected chi connectivity index (χ4v) is 3.43. The van der Waals surface area contributed by atoms with Gasteiger partial charge < -0.3 is 10.6 Å². The van der Waals surface area contributed by atoms with Gasteiger partial charge in [0.2, 0.25) is 5.95 Å². The van der Waals surface area contributed by atoms with Gasteiger partial charge in [0.25, 0.3) is 5.91 Å². The van der Waals surface area contributed by atoms with Gasteiger partial charge in [-0.3, -0.25) is 14.7 Å². The van der Waals surface area contributed by atoms with E-state index < -0.39 is 0 Å². The van der Waals surface area contributed by atoms with E-state index in [0.717, 1.165) is 18.7 Å². The Morgan fingerprint density at radius 1 is 1.41 bits per heavy atom. The zero-order valence-corrected chi connectivity index (χ0v) is 13.0. The van der Waals surface area contributed by atoms with Crippen molar-refractivity contribution < 1.29 is 9.59 Å². The molecular formula is C14H17N5O2S. The third kappa shape index (κ3) is 2.87. The summed E-state index contributed by atoms with van der Waals surface area (Å²) in [6.45, 7) is 2.83. The number of aromatic nitrogens is 3. The molecule has 116 valence electrons. The lowest BCUT2D eigenvalue weighted by molar-refractivity contribution is 0.0711. The molecule has 1 saturated heterocycles. The summed E-state index contributed by atoms with van der Waals surface area (Å²) in [6, 6.07) is 1.68. The summed E-state index contributed by atoms with van der Waals surface area (Å²) in [4.78, 5) is 30.4. The molecule has 0 atom stereocenters. The Labute approximate surface area is 131 Å². The molecule has 0 spiro atoms. The van der Waals surface area contributed by atoms with Gasteiger partial charge in [0.15, 0.2) is 5.78 Å². The monoisotopic (exact) mass is 319 g/mol. The first-order valence-electron chi connectivity index (χ1n) is 7.11. The summed E-state index contributed by atoms with van der Waals surface area (Å²) < 4.78 is 0. The minimum atomic E-state index is -0.0146. The molecule has 3 rings (SSSR count). The second kappa shape index (κ2) is 5.88. The average molecular weight is 319 g/mol. The van der Waals surface area contributed by atoms with E-state index in [0.29, 0.717) is 23.5 Å². The molecule has 2 aromatic heterocycles. The third-order valence-electron chi connectivity index (χ3n) is 3.88. The number of thiophene rings is 1. The first-order chi connectivity index (χ1) is 10.5. The van der Waals surface area contributed by atoms with Crippen LogP contribution in [0.1, 0.15) is 51.5 Å². The van der Waals surface area contributed by atoms with Crippen molar-refractivity contribution >= 4 is 29.0 Å². The van der Waals surface area contributed by atoms with Crippen molar-refractivity contribution in [1.29, 1.82) is 0 Å². The summed E-state index contributed by atoms with van der Waals surface area (Å²) >= 11 is 1.32.